The Balaban J connectivity index is 1.51. The van der Waals surface area contributed by atoms with Crippen LogP contribution < -0.4 is 14.9 Å². The molecule has 0 aliphatic heterocycles. The Kier molecular flexibility index (Phi) is 7.52. The summed E-state index contributed by atoms with van der Waals surface area (Å²) >= 11 is 6.12. The molecule has 9 nitrogen and oxygen atoms in total. The van der Waals surface area contributed by atoms with Gasteiger partial charge >= 0.3 is 11.7 Å². The summed E-state index contributed by atoms with van der Waals surface area (Å²) in [5.41, 5.74) is 2.71. The minimum atomic E-state index is -0.646. The Labute approximate surface area is 210 Å². The summed E-state index contributed by atoms with van der Waals surface area (Å²) in [6, 6.07) is 23.0. The van der Waals surface area contributed by atoms with Gasteiger partial charge in [-0.15, -0.1) is 0 Å². The van der Waals surface area contributed by atoms with Gasteiger partial charge < -0.3 is 9.47 Å². The van der Waals surface area contributed by atoms with E-state index in [0.717, 1.165) is 10.8 Å². The van der Waals surface area contributed by atoms with Crippen LogP contribution in [0.5, 0.6) is 11.5 Å². The van der Waals surface area contributed by atoms with Gasteiger partial charge in [0.25, 0.3) is 5.91 Å². The van der Waals surface area contributed by atoms with E-state index in [2.05, 4.69) is 10.5 Å². The maximum atomic E-state index is 12.7. The quantitative estimate of drug-likeness (QED) is 0.117. The summed E-state index contributed by atoms with van der Waals surface area (Å²) < 4.78 is 10.9. The third kappa shape index (κ3) is 5.65. The van der Waals surface area contributed by atoms with Crippen molar-refractivity contribution in [2.24, 2.45) is 5.10 Å². The molecule has 0 aliphatic rings. The van der Waals surface area contributed by atoms with Crippen molar-refractivity contribution in [2.45, 2.75) is 0 Å². The van der Waals surface area contributed by atoms with Gasteiger partial charge in [-0.3, -0.25) is 14.9 Å². The standard InChI is InChI=1S/C26H18ClN3O6/c27-21-10-4-3-9-19(21)26(32)36-23-14-13-17-7-1-2-8-18(17)20(23)15-28-29-25(31)16-35-24-12-6-5-11-22(24)30(33)34/h1-15H,16H2,(H,29,31). The fraction of sp³-hybridized carbons (Fsp3) is 0.0385. The Bertz CT molecular complexity index is 1490. The zero-order valence-corrected chi connectivity index (χ0v) is 19.3. The largest absolute Gasteiger partial charge is 0.477 e. The molecule has 0 heterocycles. The lowest BCUT2D eigenvalue weighted by atomic mass is 10.0. The smallest absolute Gasteiger partial charge is 0.345 e. The lowest BCUT2D eigenvalue weighted by Gasteiger charge is -2.11. The molecular weight excluding hydrogens is 486 g/mol. The number of carbonyl (C=O) groups is 2. The average molecular weight is 504 g/mol. The van der Waals surface area contributed by atoms with Crippen LogP contribution in [-0.4, -0.2) is 29.6 Å². The topological polar surface area (TPSA) is 120 Å². The predicted molar refractivity (Wildman–Crippen MR) is 135 cm³/mol. The Morgan fingerprint density at radius 3 is 2.47 bits per heavy atom. The first-order valence-corrected chi connectivity index (χ1v) is 11.0. The number of nitro groups is 1. The molecule has 0 aromatic heterocycles. The Morgan fingerprint density at radius 2 is 1.67 bits per heavy atom. The van der Waals surface area contributed by atoms with Gasteiger partial charge in [-0.2, -0.15) is 5.10 Å². The van der Waals surface area contributed by atoms with Gasteiger partial charge in [-0.1, -0.05) is 66.2 Å². The molecule has 4 rings (SSSR count). The van der Waals surface area contributed by atoms with Gasteiger partial charge in [0.1, 0.15) is 5.75 Å². The first kappa shape index (κ1) is 24.4. The molecule has 0 saturated carbocycles. The normalized spacial score (nSPS) is 10.8. The number of esters is 1. The SMILES string of the molecule is O=C(COc1ccccc1[N+](=O)[O-])NN=Cc1c(OC(=O)c2ccccc2Cl)ccc2ccccc12. The third-order valence-electron chi connectivity index (χ3n) is 5.03. The molecule has 1 amide bonds. The van der Waals surface area contributed by atoms with Crippen LogP contribution in [0.15, 0.2) is 90.0 Å². The molecule has 180 valence electrons. The maximum Gasteiger partial charge on any atom is 0.345 e. The Morgan fingerprint density at radius 1 is 0.944 bits per heavy atom. The van der Waals surface area contributed by atoms with Gasteiger partial charge in [-0.05, 0) is 35.0 Å². The number of hydrogen-bond acceptors (Lipinski definition) is 7. The number of ether oxygens (including phenoxy) is 2. The van der Waals surface area contributed by atoms with Crippen LogP contribution in [0.25, 0.3) is 10.8 Å². The van der Waals surface area contributed by atoms with Crippen LogP contribution in [0, 0.1) is 10.1 Å². The van der Waals surface area contributed by atoms with Crippen LogP contribution in [0.4, 0.5) is 5.69 Å². The van der Waals surface area contributed by atoms with Crippen molar-refractivity contribution < 1.29 is 24.0 Å². The maximum absolute atomic E-state index is 12.7. The van der Waals surface area contributed by atoms with E-state index in [9.17, 15) is 19.7 Å². The molecule has 0 spiro atoms. The molecule has 1 N–H and O–H groups in total. The number of nitrogens with one attached hydrogen (secondary N) is 1. The second-order valence-electron chi connectivity index (χ2n) is 7.37. The van der Waals surface area contributed by atoms with Gasteiger partial charge in [0, 0.05) is 11.6 Å². The first-order chi connectivity index (χ1) is 17.4. The lowest BCUT2D eigenvalue weighted by Crippen LogP contribution is -2.24. The number of nitrogens with zero attached hydrogens (tertiary/aromatic N) is 2. The van der Waals surface area contributed by atoms with E-state index in [1.807, 2.05) is 24.3 Å². The summed E-state index contributed by atoms with van der Waals surface area (Å²) in [4.78, 5) is 35.4. The fourth-order valence-electron chi connectivity index (χ4n) is 3.35. The number of fused-ring (bicyclic) bond motifs is 1. The van der Waals surface area contributed by atoms with Crippen molar-refractivity contribution in [1.29, 1.82) is 0 Å². The zero-order chi connectivity index (χ0) is 25.5. The summed E-state index contributed by atoms with van der Waals surface area (Å²) in [6.07, 6.45) is 1.35. The van der Waals surface area contributed by atoms with E-state index in [0.29, 0.717) is 5.56 Å². The molecule has 36 heavy (non-hydrogen) atoms. The molecule has 0 radical (unpaired) electrons. The highest BCUT2D eigenvalue weighted by Gasteiger charge is 2.17. The number of hydrogen-bond donors (Lipinski definition) is 1. The summed E-state index contributed by atoms with van der Waals surface area (Å²) in [6.45, 7) is -0.494. The van der Waals surface area contributed by atoms with Gasteiger partial charge in [0.15, 0.2) is 12.4 Å². The monoisotopic (exact) mass is 503 g/mol. The van der Waals surface area contributed by atoms with Crippen LogP contribution in [0.2, 0.25) is 5.02 Å². The van der Waals surface area contributed by atoms with Crippen LogP contribution in [0.3, 0.4) is 0 Å². The summed E-state index contributed by atoms with van der Waals surface area (Å²) in [7, 11) is 0. The van der Waals surface area contributed by atoms with Gasteiger partial charge in [0.05, 0.1) is 21.7 Å². The second-order valence-corrected chi connectivity index (χ2v) is 7.78. The number of halogens is 1. The van der Waals surface area contributed by atoms with Crippen molar-refractivity contribution in [3.63, 3.8) is 0 Å². The highest BCUT2D eigenvalue weighted by atomic mass is 35.5. The minimum absolute atomic E-state index is 0.0375. The van der Waals surface area contributed by atoms with Crippen LogP contribution in [0.1, 0.15) is 15.9 Å². The first-order valence-electron chi connectivity index (χ1n) is 10.6. The fourth-order valence-corrected chi connectivity index (χ4v) is 3.57. The molecule has 4 aromatic carbocycles. The van der Waals surface area contributed by atoms with Crippen molar-refractivity contribution >= 4 is 46.2 Å². The van der Waals surface area contributed by atoms with E-state index in [4.69, 9.17) is 21.1 Å². The minimum Gasteiger partial charge on any atom is -0.477 e. The highest BCUT2D eigenvalue weighted by molar-refractivity contribution is 6.33. The number of hydrazone groups is 1. The number of nitro benzene ring substituents is 1. The Hall–Kier alpha value is -4.76. The lowest BCUT2D eigenvalue weighted by molar-refractivity contribution is -0.385. The van der Waals surface area contributed by atoms with Crippen molar-refractivity contribution in [1.82, 2.24) is 5.43 Å². The van der Waals surface area contributed by atoms with Crippen molar-refractivity contribution in [2.75, 3.05) is 6.61 Å². The van der Waals surface area contributed by atoms with E-state index >= 15 is 0 Å². The number of para-hydroxylation sites is 2. The highest BCUT2D eigenvalue weighted by Crippen LogP contribution is 2.28. The molecule has 0 saturated heterocycles. The third-order valence-corrected chi connectivity index (χ3v) is 5.36. The van der Waals surface area contributed by atoms with Crippen molar-refractivity contribution in [3.05, 3.63) is 111 Å². The van der Waals surface area contributed by atoms with Gasteiger partial charge in [0.2, 0.25) is 0 Å². The van der Waals surface area contributed by atoms with Crippen LogP contribution in [-0.2, 0) is 4.79 Å². The molecule has 0 bridgehead atoms. The van der Waals surface area contributed by atoms with E-state index in [1.54, 1.807) is 42.5 Å². The predicted octanol–water partition coefficient (Wildman–Crippen LogP) is 5.15. The number of carbonyl (C=O) groups excluding carboxylic acids is 2. The van der Waals surface area contributed by atoms with Gasteiger partial charge in [-0.25, -0.2) is 10.2 Å². The molecule has 0 fully saturated rings. The summed E-state index contributed by atoms with van der Waals surface area (Å²) in [5.74, 6) is -1.11. The molecule has 0 atom stereocenters. The number of benzene rings is 4. The number of amides is 1. The molecule has 0 aliphatic carbocycles. The molecule has 4 aromatic rings. The van der Waals surface area contributed by atoms with Crippen molar-refractivity contribution in [3.8, 4) is 11.5 Å². The molecule has 0 unspecified atom stereocenters. The summed E-state index contributed by atoms with van der Waals surface area (Å²) in [5, 5.41) is 16.9. The molecule has 10 heteroatoms. The van der Waals surface area contributed by atoms with E-state index in [1.165, 1.54) is 24.4 Å². The second kappa shape index (κ2) is 11.1. The zero-order valence-electron chi connectivity index (χ0n) is 18.6. The number of rotatable bonds is 8. The van der Waals surface area contributed by atoms with E-state index in [-0.39, 0.29) is 27.8 Å². The molecular formula is C26H18ClN3O6. The van der Waals surface area contributed by atoms with Crippen LogP contribution >= 0.6 is 11.6 Å². The average Bonchev–Trinajstić information content (AvgIpc) is 2.88. The van der Waals surface area contributed by atoms with E-state index < -0.39 is 23.4 Å².